The first-order chi connectivity index (χ1) is 11.5. The Kier molecular flexibility index (Phi) is 7.62. The number of anilines is 2. The van der Waals surface area contributed by atoms with Crippen LogP contribution in [0.3, 0.4) is 0 Å². The summed E-state index contributed by atoms with van der Waals surface area (Å²) in [6.07, 6.45) is 0. The fourth-order valence-corrected chi connectivity index (χ4v) is 2.81. The fraction of sp³-hybridized carbons (Fsp3) is 0.100. The predicted octanol–water partition coefficient (Wildman–Crippen LogP) is -2.90. The molecule has 0 aliphatic rings. The molecule has 0 aliphatic heterocycles. The quantitative estimate of drug-likeness (QED) is 0.338. The van der Waals surface area contributed by atoms with Gasteiger partial charge in [0, 0.05) is 38.1 Å². The number of hydrogen-bond acceptors (Lipinski definition) is 2. The summed E-state index contributed by atoms with van der Waals surface area (Å²) in [6, 6.07) is 19.9. The molecule has 4 nitrogen and oxygen atoms in total. The lowest BCUT2D eigenvalue weighted by atomic mass is 10.2. The number of benzene rings is 2. The number of nitrogens with two attached hydrogens (primary N) is 2. The van der Waals surface area contributed by atoms with E-state index in [2.05, 4.69) is 9.97 Å². The molecule has 0 atom stereocenters. The third-order valence-corrected chi connectivity index (χ3v) is 3.88. The Labute approximate surface area is 165 Å². The number of rotatable bonds is 0. The van der Waals surface area contributed by atoms with Crippen molar-refractivity contribution >= 4 is 33.2 Å². The number of hydrogen-bond donors (Lipinski definition) is 2. The molecule has 0 bridgehead atoms. The highest BCUT2D eigenvalue weighted by atomic mass is 35.5. The van der Waals surface area contributed by atoms with E-state index in [0.29, 0.717) is 0 Å². The third-order valence-electron chi connectivity index (χ3n) is 3.88. The highest BCUT2D eigenvalue weighted by Gasteiger charge is 2.05. The first-order valence-electron chi connectivity index (χ1n) is 7.89. The molecule has 2 aromatic heterocycles. The summed E-state index contributed by atoms with van der Waals surface area (Å²) in [5.41, 5.74) is 17.7. The van der Waals surface area contributed by atoms with E-state index >= 15 is 0 Å². The second-order valence-electron chi connectivity index (χ2n) is 5.91. The number of nitrogens with one attached hydrogen (secondary N) is 2. The fourth-order valence-electron chi connectivity index (χ4n) is 2.81. The van der Waals surface area contributed by atoms with Crippen molar-refractivity contribution in [1.29, 1.82) is 0 Å². The van der Waals surface area contributed by atoms with Gasteiger partial charge in [0.2, 0.25) is 11.0 Å². The molecule has 4 rings (SSSR count). The van der Waals surface area contributed by atoms with Gasteiger partial charge in [-0.3, -0.25) is 0 Å². The zero-order valence-corrected chi connectivity index (χ0v) is 16.2. The lowest BCUT2D eigenvalue weighted by Crippen LogP contribution is -3.00. The van der Waals surface area contributed by atoms with Crippen molar-refractivity contribution < 1.29 is 34.8 Å². The molecule has 26 heavy (non-hydrogen) atoms. The second kappa shape index (κ2) is 9.22. The molecule has 2 heterocycles. The van der Waals surface area contributed by atoms with Crippen molar-refractivity contribution in [3.05, 3.63) is 72.1 Å². The van der Waals surface area contributed by atoms with Gasteiger partial charge in [-0.1, -0.05) is 24.3 Å². The molecule has 0 amide bonds. The number of aryl methyl sites for hydroxylation is 2. The van der Waals surface area contributed by atoms with Gasteiger partial charge in [-0.25, -0.2) is 9.97 Å². The molecular weight excluding hydrogens is 367 g/mol. The number of fused-ring (bicyclic) bond motifs is 2. The minimum Gasteiger partial charge on any atom is -1.00 e. The van der Waals surface area contributed by atoms with Crippen LogP contribution in [0.5, 0.6) is 0 Å². The van der Waals surface area contributed by atoms with Crippen LogP contribution in [-0.2, 0) is 0 Å². The Morgan fingerprint density at radius 2 is 0.962 bits per heavy atom. The molecule has 6 heteroatoms. The van der Waals surface area contributed by atoms with Gasteiger partial charge in [-0.15, -0.1) is 0 Å². The molecule has 2 aromatic carbocycles. The molecule has 4 aromatic rings. The standard InChI is InChI=1S/2C10H10N2.2ClH/c2*1-7-6-9(11)8-4-2-3-5-10(8)12-7;;/h2*2-6H,1H3,(H2,11,12);2*1H. The molecule has 0 aliphatic carbocycles. The lowest BCUT2D eigenvalue weighted by molar-refractivity contribution is -0.355. The van der Waals surface area contributed by atoms with Crippen LogP contribution >= 0.6 is 0 Å². The van der Waals surface area contributed by atoms with Gasteiger partial charge in [-0.05, 0) is 12.1 Å². The van der Waals surface area contributed by atoms with E-state index in [1.807, 2.05) is 74.5 Å². The Balaban J connectivity index is 0.000000241. The van der Waals surface area contributed by atoms with Crippen LogP contribution in [0.2, 0.25) is 0 Å². The molecule has 0 unspecified atom stereocenters. The largest absolute Gasteiger partial charge is 1.00 e. The van der Waals surface area contributed by atoms with Crippen molar-refractivity contribution in [3.8, 4) is 0 Å². The van der Waals surface area contributed by atoms with Crippen molar-refractivity contribution in [3.63, 3.8) is 0 Å². The minimum atomic E-state index is 0. The first-order valence-corrected chi connectivity index (χ1v) is 7.89. The lowest BCUT2D eigenvalue weighted by Gasteiger charge is -1.96. The molecule has 0 radical (unpaired) electrons. The number of halogens is 2. The summed E-state index contributed by atoms with van der Waals surface area (Å²) in [5.74, 6) is 0. The van der Waals surface area contributed by atoms with Crippen LogP contribution in [0.25, 0.3) is 21.8 Å². The molecule has 0 fully saturated rings. The number of para-hydroxylation sites is 2. The van der Waals surface area contributed by atoms with E-state index in [4.69, 9.17) is 11.5 Å². The Hall–Kier alpha value is -2.56. The van der Waals surface area contributed by atoms with Crippen molar-refractivity contribution in [2.75, 3.05) is 11.5 Å². The summed E-state index contributed by atoms with van der Waals surface area (Å²) in [4.78, 5) is 6.50. The van der Waals surface area contributed by atoms with E-state index < -0.39 is 0 Å². The van der Waals surface area contributed by atoms with Gasteiger partial charge in [0.25, 0.3) is 0 Å². The zero-order chi connectivity index (χ0) is 17.1. The van der Waals surface area contributed by atoms with Crippen LogP contribution in [0.4, 0.5) is 11.4 Å². The van der Waals surface area contributed by atoms with Crippen molar-refractivity contribution in [1.82, 2.24) is 0 Å². The maximum Gasteiger partial charge on any atom is 0.213 e. The number of aromatic nitrogens is 2. The summed E-state index contributed by atoms with van der Waals surface area (Å²) in [6.45, 7) is 4.01. The molecule has 0 spiro atoms. The minimum absolute atomic E-state index is 0. The highest BCUT2D eigenvalue weighted by molar-refractivity contribution is 5.88. The smallest absolute Gasteiger partial charge is 0.213 e. The van der Waals surface area contributed by atoms with Crippen LogP contribution < -0.4 is 46.2 Å². The van der Waals surface area contributed by atoms with Gasteiger partial charge in [0.05, 0.1) is 22.1 Å². The maximum atomic E-state index is 5.84. The number of aromatic amines is 2. The van der Waals surface area contributed by atoms with E-state index in [1.54, 1.807) is 0 Å². The monoisotopic (exact) mass is 388 g/mol. The summed E-state index contributed by atoms with van der Waals surface area (Å²) in [7, 11) is 0. The number of H-pyrrole nitrogens is 2. The normalized spacial score (nSPS) is 9.62. The van der Waals surface area contributed by atoms with Gasteiger partial charge in [-0.2, -0.15) is 0 Å². The molecular formula is C20H22Cl2N4. The SMILES string of the molecule is Cc1cc(N)c2ccccc2[nH+]1.Cc1cc(N)c2ccccc2[nH+]1.[Cl-].[Cl-]. The maximum absolute atomic E-state index is 5.84. The highest BCUT2D eigenvalue weighted by Crippen LogP contribution is 2.17. The summed E-state index contributed by atoms with van der Waals surface area (Å²) >= 11 is 0. The zero-order valence-electron chi connectivity index (χ0n) is 14.7. The third kappa shape index (κ3) is 4.75. The van der Waals surface area contributed by atoms with Crippen LogP contribution in [0, 0.1) is 13.8 Å². The van der Waals surface area contributed by atoms with Crippen molar-refractivity contribution in [2.45, 2.75) is 13.8 Å². The van der Waals surface area contributed by atoms with Gasteiger partial charge in [0.15, 0.2) is 11.4 Å². The number of nitrogen functional groups attached to an aromatic ring is 2. The first kappa shape index (κ1) is 21.5. The molecule has 136 valence electrons. The average Bonchev–Trinajstić information content (AvgIpc) is 2.55. The molecule has 6 N–H and O–H groups in total. The van der Waals surface area contributed by atoms with Crippen LogP contribution in [0.15, 0.2) is 60.7 Å². The van der Waals surface area contributed by atoms with Gasteiger partial charge >= 0.3 is 0 Å². The topological polar surface area (TPSA) is 80.3 Å². The van der Waals surface area contributed by atoms with Crippen LogP contribution in [0.1, 0.15) is 11.4 Å². The van der Waals surface area contributed by atoms with E-state index in [9.17, 15) is 0 Å². The average molecular weight is 389 g/mol. The Morgan fingerprint density at radius 3 is 1.35 bits per heavy atom. The Morgan fingerprint density at radius 1 is 0.615 bits per heavy atom. The van der Waals surface area contributed by atoms with Crippen LogP contribution in [-0.4, -0.2) is 0 Å². The predicted molar refractivity (Wildman–Crippen MR) is 99.3 cm³/mol. The van der Waals surface area contributed by atoms with Crippen molar-refractivity contribution in [2.24, 2.45) is 0 Å². The van der Waals surface area contributed by atoms with Gasteiger partial charge < -0.3 is 36.3 Å². The second-order valence-corrected chi connectivity index (χ2v) is 5.91. The molecule has 0 saturated heterocycles. The number of pyridine rings is 2. The summed E-state index contributed by atoms with van der Waals surface area (Å²) < 4.78 is 0. The van der Waals surface area contributed by atoms with E-state index in [0.717, 1.165) is 44.6 Å². The van der Waals surface area contributed by atoms with Gasteiger partial charge in [0.1, 0.15) is 0 Å². The van der Waals surface area contributed by atoms with E-state index in [1.165, 1.54) is 0 Å². The Bertz CT molecular complexity index is 936. The summed E-state index contributed by atoms with van der Waals surface area (Å²) in [5, 5.41) is 2.17. The van der Waals surface area contributed by atoms with E-state index in [-0.39, 0.29) is 24.8 Å². The molecule has 0 saturated carbocycles.